The smallest absolute Gasteiger partial charge is 0.303 e. The maximum absolute atomic E-state index is 11.1. The highest BCUT2D eigenvalue weighted by atomic mass is 16.4. The molecule has 0 aromatic heterocycles. The summed E-state index contributed by atoms with van der Waals surface area (Å²) in [5.74, 6) is -0.308. The van der Waals surface area contributed by atoms with Crippen LogP contribution in [0, 0.1) is 5.92 Å². The third-order valence-electron chi connectivity index (χ3n) is 6.70. The van der Waals surface area contributed by atoms with Crippen molar-refractivity contribution in [2.24, 2.45) is 5.92 Å². The van der Waals surface area contributed by atoms with Gasteiger partial charge in [-0.05, 0) is 58.5 Å². The zero-order valence-corrected chi connectivity index (χ0v) is 15.5. The van der Waals surface area contributed by atoms with E-state index < -0.39 is 5.97 Å². The van der Waals surface area contributed by atoms with Crippen molar-refractivity contribution >= 4 is 5.97 Å². The van der Waals surface area contributed by atoms with Crippen LogP contribution in [-0.4, -0.2) is 71.7 Å². The number of hydrogen-bond donors (Lipinski definition) is 2. The van der Waals surface area contributed by atoms with Crippen LogP contribution in [0.3, 0.4) is 0 Å². The maximum atomic E-state index is 11.1. The normalized spacial score (nSPS) is 36.9. The van der Waals surface area contributed by atoms with Crippen LogP contribution in [0.1, 0.15) is 58.3 Å². The van der Waals surface area contributed by atoms with E-state index >= 15 is 0 Å². The van der Waals surface area contributed by atoms with Gasteiger partial charge >= 0.3 is 5.97 Å². The molecule has 5 heteroatoms. The van der Waals surface area contributed by atoms with E-state index in [2.05, 4.69) is 29.1 Å². The fraction of sp³-hybridized carbons (Fsp3) is 0.947. The predicted octanol–water partition coefficient (Wildman–Crippen LogP) is 2.17. The van der Waals surface area contributed by atoms with Gasteiger partial charge in [-0.2, -0.15) is 0 Å². The molecule has 3 atom stereocenters. The molecule has 138 valence electrons. The van der Waals surface area contributed by atoms with Crippen molar-refractivity contribution in [2.45, 2.75) is 75.9 Å². The fourth-order valence-corrected chi connectivity index (χ4v) is 5.21. The number of nitrogens with zero attached hydrogens (tertiary/aromatic N) is 2. The number of piperidine rings is 1. The molecular weight excluding hydrogens is 302 g/mol. The van der Waals surface area contributed by atoms with Gasteiger partial charge in [-0.15, -0.1) is 0 Å². The number of carboxylic acids is 1. The van der Waals surface area contributed by atoms with Crippen molar-refractivity contribution in [1.29, 1.82) is 0 Å². The van der Waals surface area contributed by atoms with Gasteiger partial charge in [0.05, 0.1) is 0 Å². The number of hydrogen-bond acceptors (Lipinski definition) is 4. The maximum Gasteiger partial charge on any atom is 0.303 e. The Morgan fingerprint density at radius 1 is 1.17 bits per heavy atom. The number of carbonyl (C=O) groups is 1. The molecule has 1 unspecified atom stereocenters. The Morgan fingerprint density at radius 3 is 2.50 bits per heavy atom. The van der Waals surface area contributed by atoms with E-state index in [1.54, 1.807) is 0 Å². The summed E-state index contributed by atoms with van der Waals surface area (Å²) >= 11 is 0. The lowest BCUT2D eigenvalue weighted by atomic mass is 9.81. The minimum absolute atomic E-state index is 0.329. The second-order valence-electron chi connectivity index (χ2n) is 8.66. The molecule has 2 aliphatic heterocycles. The van der Waals surface area contributed by atoms with Crippen molar-refractivity contribution in [3.8, 4) is 0 Å². The Balaban J connectivity index is 1.48. The highest BCUT2D eigenvalue weighted by molar-refractivity contribution is 5.67. The molecule has 1 saturated carbocycles. The van der Waals surface area contributed by atoms with Crippen molar-refractivity contribution in [2.75, 3.05) is 33.2 Å². The van der Waals surface area contributed by atoms with Crippen LogP contribution >= 0.6 is 0 Å². The van der Waals surface area contributed by atoms with Crippen LogP contribution in [0.4, 0.5) is 0 Å². The fourth-order valence-electron chi connectivity index (χ4n) is 5.21. The zero-order chi connectivity index (χ0) is 17.2. The Kier molecular flexibility index (Phi) is 5.83. The molecule has 0 aromatic rings. The molecule has 24 heavy (non-hydrogen) atoms. The van der Waals surface area contributed by atoms with Crippen LogP contribution < -0.4 is 5.32 Å². The second kappa shape index (κ2) is 7.71. The monoisotopic (exact) mass is 337 g/mol. The largest absolute Gasteiger partial charge is 0.481 e. The molecule has 2 saturated heterocycles. The van der Waals surface area contributed by atoms with E-state index in [-0.39, 0.29) is 0 Å². The van der Waals surface area contributed by atoms with Crippen molar-refractivity contribution < 1.29 is 9.90 Å². The van der Waals surface area contributed by atoms with Gasteiger partial charge < -0.3 is 15.3 Å². The third-order valence-corrected chi connectivity index (χ3v) is 6.70. The molecule has 1 aliphatic carbocycles. The summed E-state index contributed by atoms with van der Waals surface area (Å²) in [4.78, 5) is 16.3. The summed E-state index contributed by atoms with van der Waals surface area (Å²) in [5, 5.41) is 13.0. The molecule has 3 fully saturated rings. The van der Waals surface area contributed by atoms with Crippen LogP contribution in [-0.2, 0) is 4.79 Å². The zero-order valence-electron chi connectivity index (χ0n) is 15.5. The summed E-state index contributed by atoms with van der Waals surface area (Å²) in [5.41, 5.74) is 0.358. The van der Waals surface area contributed by atoms with Crippen LogP contribution in [0.5, 0.6) is 0 Å². The lowest BCUT2D eigenvalue weighted by Gasteiger charge is -2.44. The van der Waals surface area contributed by atoms with E-state index in [4.69, 9.17) is 5.11 Å². The number of carboxylic acid groups (broad SMARTS) is 1. The number of likely N-dealkylation sites (tertiary alicyclic amines) is 2. The van der Waals surface area contributed by atoms with Gasteiger partial charge in [-0.1, -0.05) is 12.8 Å². The average molecular weight is 338 g/mol. The molecule has 0 aromatic carbocycles. The molecule has 2 N–H and O–H groups in total. The topological polar surface area (TPSA) is 55.8 Å². The minimum atomic E-state index is -0.637. The molecule has 0 spiro atoms. The standard InChI is InChI=1S/C19H35N3O2/c1-19(9-12-21(2)14-19)22-10-7-16(8-11-22)20-17-6-4-3-5-15(17)13-18(23)24/h15-17,20H,3-14H2,1-2H3,(H,23,24)/t15-,17+,19?/m1/s1. The van der Waals surface area contributed by atoms with Gasteiger partial charge in [0.1, 0.15) is 0 Å². The van der Waals surface area contributed by atoms with Gasteiger partial charge in [-0.3, -0.25) is 9.69 Å². The number of rotatable bonds is 5. The Bertz CT molecular complexity index is 436. The molecule has 0 amide bonds. The van der Waals surface area contributed by atoms with Gasteiger partial charge in [0.15, 0.2) is 0 Å². The molecule has 0 bridgehead atoms. The average Bonchev–Trinajstić information content (AvgIpc) is 2.90. The first kappa shape index (κ1) is 18.2. The Morgan fingerprint density at radius 2 is 1.88 bits per heavy atom. The summed E-state index contributed by atoms with van der Waals surface area (Å²) in [6, 6.07) is 0.989. The highest BCUT2D eigenvalue weighted by Gasteiger charge is 2.39. The summed E-state index contributed by atoms with van der Waals surface area (Å²) in [7, 11) is 2.23. The third kappa shape index (κ3) is 4.30. The molecule has 2 heterocycles. The van der Waals surface area contributed by atoms with Gasteiger partial charge in [0.2, 0.25) is 0 Å². The molecule has 0 radical (unpaired) electrons. The van der Waals surface area contributed by atoms with Crippen LogP contribution in [0.15, 0.2) is 0 Å². The number of nitrogens with one attached hydrogen (secondary N) is 1. The first-order valence-corrected chi connectivity index (χ1v) is 9.88. The lowest BCUT2D eigenvalue weighted by molar-refractivity contribution is -0.138. The molecule has 5 nitrogen and oxygen atoms in total. The van der Waals surface area contributed by atoms with E-state index in [9.17, 15) is 4.79 Å². The summed E-state index contributed by atoms with van der Waals surface area (Å²) in [6.07, 6.45) is 8.70. The second-order valence-corrected chi connectivity index (χ2v) is 8.66. The van der Waals surface area contributed by atoms with Crippen molar-refractivity contribution in [3.63, 3.8) is 0 Å². The van der Waals surface area contributed by atoms with Crippen molar-refractivity contribution in [1.82, 2.24) is 15.1 Å². The first-order chi connectivity index (χ1) is 11.5. The van der Waals surface area contributed by atoms with E-state index in [1.165, 1.54) is 58.3 Å². The quantitative estimate of drug-likeness (QED) is 0.805. The first-order valence-electron chi connectivity index (χ1n) is 9.88. The molecule has 3 rings (SSSR count). The van der Waals surface area contributed by atoms with E-state index in [1.807, 2.05) is 0 Å². The van der Waals surface area contributed by atoms with Crippen LogP contribution in [0.2, 0.25) is 0 Å². The molecular formula is C19H35N3O2. The van der Waals surface area contributed by atoms with E-state index in [0.29, 0.717) is 30.0 Å². The van der Waals surface area contributed by atoms with Crippen molar-refractivity contribution in [3.05, 3.63) is 0 Å². The van der Waals surface area contributed by atoms with Gasteiger partial charge in [0.25, 0.3) is 0 Å². The van der Waals surface area contributed by atoms with E-state index in [0.717, 1.165) is 12.8 Å². The summed E-state index contributed by atoms with van der Waals surface area (Å²) < 4.78 is 0. The van der Waals surface area contributed by atoms with Gasteiger partial charge in [-0.25, -0.2) is 0 Å². The number of aliphatic carboxylic acids is 1. The highest BCUT2D eigenvalue weighted by Crippen LogP contribution is 2.31. The Hall–Kier alpha value is -0.650. The van der Waals surface area contributed by atoms with Crippen LogP contribution in [0.25, 0.3) is 0 Å². The van der Waals surface area contributed by atoms with Gasteiger partial charge in [0, 0.05) is 43.7 Å². The Labute approximate surface area is 146 Å². The minimum Gasteiger partial charge on any atom is -0.481 e. The lowest BCUT2D eigenvalue weighted by Crippen LogP contribution is -2.55. The molecule has 3 aliphatic rings. The SMILES string of the molecule is CN1CCC(C)(N2CCC(N[C@H]3CCCC[C@@H]3CC(=O)O)CC2)C1. The number of likely N-dealkylation sites (N-methyl/N-ethyl adjacent to an activating group) is 1. The summed E-state index contributed by atoms with van der Waals surface area (Å²) in [6.45, 7) is 7.19. The predicted molar refractivity (Wildman–Crippen MR) is 96.2 cm³/mol.